The lowest BCUT2D eigenvalue weighted by Crippen LogP contribution is -2.23. The van der Waals surface area contributed by atoms with Gasteiger partial charge >= 0.3 is 0 Å². The zero-order valence-corrected chi connectivity index (χ0v) is 12.0. The average Bonchev–Trinajstić information content (AvgIpc) is 2.97. The number of thioether (sulfide) groups is 1. The minimum absolute atomic E-state index is 0.270. The highest BCUT2D eigenvalue weighted by Gasteiger charge is 2.35. The summed E-state index contributed by atoms with van der Waals surface area (Å²) in [5.41, 5.74) is 1.24. The van der Waals surface area contributed by atoms with Crippen LogP contribution >= 0.6 is 11.8 Å². The van der Waals surface area contributed by atoms with Gasteiger partial charge in [-0.2, -0.15) is 0 Å². The van der Waals surface area contributed by atoms with Crippen molar-refractivity contribution in [1.82, 2.24) is 5.32 Å². The molecule has 2 unspecified atom stereocenters. The largest absolute Gasteiger partial charge is 0.466 e. The molecule has 0 bridgehead atoms. The van der Waals surface area contributed by atoms with Crippen molar-refractivity contribution in [3.05, 3.63) is 23.2 Å². The van der Waals surface area contributed by atoms with E-state index in [0.29, 0.717) is 0 Å². The van der Waals surface area contributed by atoms with E-state index in [1.165, 1.54) is 18.4 Å². The maximum absolute atomic E-state index is 5.58. The Kier molecular flexibility index (Phi) is 3.14. The zero-order valence-electron chi connectivity index (χ0n) is 11.2. The molecular weight excluding hydrogens is 244 g/mol. The second-order valence-electron chi connectivity index (χ2n) is 5.37. The van der Waals surface area contributed by atoms with Crippen LogP contribution in [0.15, 0.2) is 15.5 Å². The molecule has 0 radical (unpaired) electrons. The number of aliphatic imine (C=N–C) groups is 1. The van der Waals surface area contributed by atoms with E-state index in [2.05, 4.69) is 23.3 Å². The number of nitrogens with one attached hydrogen (secondary N) is 1. The van der Waals surface area contributed by atoms with Crippen LogP contribution in [0.1, 0.15) is 42.9 Å². The smallest absolute Gasteiger partial charge is 0.157 e. The maximum Gasteiger partial charge on any atom is 0.157 e. The predicted octanol–water partition coefficient (Wildman–Crippen LogP) is 3.43. The Morgan fingerprint density at radius 1 is 1.44 bits per heavy atom. The van der Waals surface area contributed by atoms with Crippen molar-refractivity contribution in [3.8, 4) is 0 Å². The van der Waals surface area contributed by atoms with Crippen LogP contribution in [0.4, 0.5) is 0 Å². The summed E-state index contributed by atoms with van der Waals surface area (Å²) < 4.78 is 5.58. The third-order valence-electron chi connectivity index (χ3n) is 3.71. The van der Waals surface area contributed by atoms with E-state index in [1.54, 1.807) is 0 Å². The molecule has 2 aliphatic rings. The van der Waals surface area contributed by atoms with Gasteiger partial charge in [0.1, 0.15) is 11.5 Å². The van der Waals surface area contributed by atoms with Crippen molar-refractivity contribution in [3.63, 3.8) is 0 Å². The third-order valence-corrected chi connectivity index (χ3v) is 5.02. The normalized spacial score (nSPS) is 25.1. The van der Waals surface area contributed by atoms with Gasteiger partial charge in [0.15, 0.2) is 5.17 Å². The molecule has 1 aliphatic heterocycles. The molecule has 98 valence electrons. The summed E-state index contributed by atoms with van der Waals surface area (Å²) in [6.45, 7) is 7.18. The fourth-order valence-corrected chi connectivity index (χ4v) is 3.82. The van der Waals surface area contributed by atoms with E-state index < -0.39 is 0 Å². The second-order valence-corrected chi connectivity index (χ2v) is 6.60. The lowest BCUT2D eigenvalue weighted by atomic mass is 10.1. The number of aryl methyl sites for hydroxylation is 2. The summed E-state index contributed by atoms with van der Waals surface area (Å²) in [6.07, 6.45) is 2.80. The van der Waals surface area contributed by atoms with Crippen LogP contribution in [0, 0.1) is 19.8 Å². The molecule has 1 aromatic rings. The Morgan fingerprint density at radius 3 is 2.83 bits per heavy atom. The first kappa shape index (κ1) is 12.2. The van der Waals surface area contributed by atoms with Crippen molar-refractivity contribution >= 4 is 16.9 Å². The van der Waals surface area contributed by atoms with E-state index in [4.69, 9.17) is 4.42 Å². The van der Waals surface area contributed by atoms with Gasteiger partial charge in [0, 0.05) is 10.8 Å². The van der Waals surface area contributed by atoms with Crippen molar-refractivity contribution in [2.75, 3.05) is 6.54 Å². The molecule has 18 heavy (non-hydrogen) atoms. The molecule has 4 heteroatoms. The Labute approximate surface area is 112 Å². The van der Waals surface area contributed by atoms with Gasteiger partial charge in [0.2, 0.25) is 0 Å². The molecule has 0 aromatic carbocycles. The Bertz CT molecular complexity index is 476. The van der Waals surface area contributed by atoms with Crippen molar-refractivity contribution in [2.45, 2.75) is 44.9 Å². The highest BCUT2D eigenvalue weighted by atomic mass is 32.2. The fourth-order valence-electron chi connectivity index (χ4n) is 2.53. The topological polar surface area (TPSA) is 37.5 Å². The molecule has 3 nitrogen and oxygen atoms in total. The van der Waals surface area contributed by atoms with Gasteiger partial charge in [-0.1, -0.05) is 11.8 Å². The summed E-state index contributed by atoms with van der Waals surface area (Å²) >= 11 is 1.93. The van der Waals surface area contributed by atoms with Crippen LogP contribution in [-0.2, 0) is 0 Å². The molecule has 1 fully saturated rings. The van der Waals surface area contributed by atoms with Gasteiger partial charge in [0.25, 0.3) is 0 Å². The van der Waals surface area contributed by atoms with Crippen molar-refractivity contribution in [1.29, 1.82) is 0 Å². The van der Waals surface area contributed by atoms with Crippen molar-refractivity contribution < 1.29 is 4.42 Å². The van der Waals surface area contributed by atoms with Crippen LogP contribution in [0.25, 0.3) is 0 Å². The quantitative estimate of drug-likeness (QED) is 0.909. The Balaban J connectivity index is 1.61. The van der Waals surface area contributed by atoms with Gasteiger partial charge < -0.3 is 9.73 Å². The molecule has 1 saturated carbocycles. The van der Waals surface area contributed by atoms with Gasteiger partial charge in [-0.3, -0.25) is 4.99 Å². The summed E-state index contributed by atoms with van der Waals surface area (Å²) in [5, 5.41) is 5.35. The molecule has 0 spiro atoms. The first-order valence-corrected chi connectivity index (χ1v) is 7.56. The lowest BCUT2D eigenvalue weighted by Gasteiger charge is -2.14. The van der Waals surface area contributed by atoms with Crippen LogP contribution in [0.5, 0.6) is 0 Å². The molecule has 2 atom stereocenters. The van der Waals surface area contributed by atoms with E-state index in [9.17, 15) is 0 Å². The molecule has 0 amide bonds. The molecule has 2 heterocycles. The number of furan rings is 1. The second kappa shape index (κ2) is 4.65. The minimum atomic E-state index is 0.270. The number of nitrogens with zero attached hydrogens (tertiary/aromatic N) is 1. The SMILES string of the molecule is Cc1cc(C(C)NC2=NCC(C3CC3)S2)c(C)o1. The highest BCUT2D eigenvalue weighted by molar-refractivity contribution is 8.14. The summed E-state index contributed by atoms with van der Waals surface area (Å²) in [5.74, 6) is 2.91. The van der Waals surface area contributed by atoms with E-state index in [0.717, 1.165) is 34.4 Å². The third kappa shape index (κ3) is 2.44. The first-order valence-electron chi connectivity index (χ1n) is 6.68. The van der Waals surface area contributed by atoms with Gasteiger partial charge in [-0.05, 0) is 45.6 Å². The zero-order chi connectivity index (χ0) is 12.7. The fraction of sp³-hybridized carbons (Fsp3) is 0.643. The van der Waals surface area contributed by atoms with Gasteiger partial charge in [-0.15, -0.1) is 0 Å². The monoisotopic (exact) mass is 264 g/mol. The molecule has 3 rings (SSSR count). The number of amidine groups is 1. The number of hydrogen-bond donors (Lipinski definition) is 1. The van der Waals surface area contributed by atoms with Crippen LogP contribution < -0.4 is 5.32 Å². The molecular formula is C14H20N2OS. The first-order chi connectivity index (χ1) is 8.63. The van der Waals surface area contributed by atoms with Crippen molar-refractivity contribution in [2.24, 2.45) is 10.9 Å². The van der Waals surface area contributed by atoms with E-state index in [-0.39, 0.29) is 6.04 Å². The lowest BCUT2D eigenvalue weighted by molar-refractivity contribution is 0.497. The summed E-state index contributed by atoms with van der Waals surface area (Å²) in [6, 6.07) is 2.39. The molecule has 0 saturated heterocycles. The van der Waals surface area contributed by atoms with Gasteiger partial charge in [0.05, 0.1) is 12.6 Å². The van der Waals surface area contributed by atoms with E-state index in [1.807, 2.05) is 25.6 Å². The van der Waals surface area contributed by atoms with E-state index >= 15 is 0 Å². The predicted molar refractivity (Wildman–Crippen MR) is 76.1 cm³/mol. The standard InChI is InChI=1S/C14H20N2OS/c1-8-6-12(10(3)17-8)9(2)16-14-15-7-13(18-14)11-4-5-11/h6,9,11,13H,4-5,7H2,1-3H3,(H,15,16). The number of hydrogen-bond acceptors (Lipinski definition) is 4. The Hall–Kier alpha value is -0.900. The summed E-state index contributed by atoms with van der Waals surface area (Å²) in [4.78, 5) is 4.62. The highest BCUT2D eigenvalue weighted by Crippen LogP contribution is 2.41. The molecule has 1 aromatic heterocycles. The minimum Gasteiger partial charge on any atom is -0.466 e. The Morgan fingerprint density at radius 2 is 2.22 bits per heavy atom. The van der Waals surface area contributed by atoms with Crippen LogP contribution in [0.3, 0.4) is 0 Å². The van der Waals surface area contributed by atoms with Crippen LogP contribution in [0.2, 0.25) is 0 Å². The molecule has 1 N–H and O–H groups in total. The average molecular weight is 264 g/mol. The summed E-state index contributed by atoms with van der Waals surface area (Å²) in [7, 11) is 0. The number of rotatable bonds is 3. The van der Waals surface area contributed by atoms with Gasteiger partial charge in [-0.25, -0.2) is 0 Å². The van der Waals surface area contributed by atoms with Crippen LogP contribution in [-0.4, -0.2) is 17.0 Å². The maximum atomic E-state index is 5.58. The molecule has 1 aliphatic carbocycles.